The number of pyridine rings is 2. The van der Waals surface area contributed by atoms with Crippen molar-refractivity contribution in [3.63, 3.8) is 0 Å². The van der Waals surface area contributed by atoms with Crippen LogP contribution in [0.4, 0.5) is 22.7 Å². The first-order valence-corrected chi connectivity index (χ1v) is 25.3. The molecule has 4 N–H and O–H groups in total. The third kappa shape index (κ3) is 10.2. The second-order valence-electron chi connectivity index (χ2n) is 17.0. The number of amides is 2. The number of aliphatic hydroxyl groups is 2. The van der Waals surface area contributed by atoms with Crippen molar-refractivity contribution in [1.29, 1.82) is 0 Å². The molecule has 0 saturated carbocycles. The number of carbonyl (C=O) groups excluding carboxylic acids is 2. The van der Waals surface area contributed by atoms with Gasteiger partial charge in [-0.2, -0.15) is 12.7 Å². The third-order valence-corrected chi connectivity index (χ3v) is 16.3. The van der Waals surface area contributed by atoms with E-state index < -0.39 is 69.4 Å². The van der Waals surface area contributed by atoms with E-state index in [1.165, 1.54) is 54.1 Å². The molecule has 18 nitrogen and oxygen atoms in total. The topological polar surface area (TPSA) is 230 Å². The largest absolute Gasteiger partial charge is 0.495 e. The predicted octanol–water partition coefficient (Wildman–Crippen LogP) is 5.55. The van der Waals surface area contributed by atoms with Crippen LogP contribution in [0.15, 0.2) is 108 Å². The molecule has 0 spiro atoms. The number of nitrogens with one attached hydrogen (secondary N) is 2. The molecule has 2 amide bonds. The first kappa shape index (κ1) is 48.4. The Morgan fingerprint density at radius 3 is 1.96 bits per heavy atom. The molecule has 0 aliphatic carbocycles. The number of methoxy groups -OCH3 is 1. The maximum atomic E-state index is 14.7. The number of carbonyl (C=O) groups is 2. The van der Waals surface area contributed by atoms with Crippen LogP contribution in [0.3, 0.4) is 0 Å². The summed E-state index contributed by atoms with van der Waals surface area (Å²) in [5.74, 6) is -2.32. The SMILES string of the molecule is COc1ccc(Cl)cc1S(=O)(=O)N1C[C@H](C(O)C[C@H]2CCCN(S(=O)(=O)N3C[C@H](CO)Oc4ncc(NC(=O)[C@@H](C)c5ccccc5)cc43)C2)Oc2ncc(NC(=O)[C@@H](C)c3ccccc3)cc21. The van der Waals surface area contributed by atoms with Gasteiger partial charge in [0, 0.05) is 18.1 Å². The molecule has 1 unspecified atom stereocenters. The van der Waals surface area contributed by atoms with Gasteiger partial charge in [0.15, 0.2) is 0 Å². The summed E-state index contributed by atoms with van der Waals surface area (Å²) < 4.78 is 79.5. The van der Waals surface area contributed by atoms with E-state index in [2.05, 4.69) is 20.6 Å². The molecule has 5 heterocycles. The lowest BCUT2D eigenvalue weighted by Crippen LogP contribution is -2.54. The molecule has 68 heavy (non-hydrogen) atoms. The number of fused-ring (bicyclic) bond motifs is 2. The Balaban J connectivity index is 1.02. The van der Waals surface area contributed by atoms with Crippen molar-refractivity contribution < 1.29 is 50.8 Å². The monoisotopic (exact) mass is 989 g/mol. The number of nitrogens with zero attached hydrogens (tertiary/aromatic N) is 5. The molecular formula is C47H52ClN7O11S2. The van der Waals surface area contributed by atoms with Crippen molar-refractivity contribution in [2.24, 2.45) is 5.92 Å². The first-order chi connectivity index (χ1) is 32.6. The lowest BCUT2D eigenvalue weighted by molar-refractivity contribution is -0.118. The Labute approximate surface area is 400 Å². The number of piperidine rings is 1. The van der Waals surface area contributed by atoms with E-state index in [9.17, 15) is 36.6 Å². The van der Waals surface area contributed by atoms with Crippen molar-refractivity contribution in [3.05, 3.63) is 120 Å². The Morgan fingerprint density at radius 1 is 0.809 bits per heavy atom. The highest BCUT2D eigenvalue weighted by atomic mass is 35.5. The number of rotatable bonds is 15. The quantitative estimate of drug-likeness (QED) is 0.101. The standard InChI is InChI=1S/C47H52ClN7O11S2/c1-29(32-12-6-4-7-13-32)44(58)51-35-21-38-47(50-24-35)66-42(27-54(38)67(60,61)43-20-34(48)16-17-41(43)64-3)40(57)19-31-11-10-18-53(25-31)68(62,63)55-26-37(28-56)65-46-39(55)22-36(23-49-46)52-45(59)30(2)33-14-8-5-9-15-33/h4-9,12-17,20-24,29-31,37,40,42,56-57H,10-11,18-19,25-28H2,1-3H3,(H,51,58)(H,52,59)/t29-,30-,31+,37+,40?,42+/m0/s1. The van der Waals surface area contributed by atoms with Crippen molar-refractivity contribution in [3.8, 4) is 17.5 Å². The number of aliphatic hydroxyl groups excluding tert-OH is 2. The van der Waals surface area contributed by atoms with Crippen LogP contribution < -0.4 is 33.5 Å². The van der Waals surface area contributed by atoms with E-state index in [4.69, 9.17) is 25.8 Å². The number of sulfonamides is 1. The molecule has 21 heteroatoms. The number of aromatic nitrogens is 2. The van der Waals surface area contributed by atoms with Gasteiger partial charge in [-0.05, 0) is 80.5 Å². The van der Waals surface area contributed by atoms with Crippen molar-refractivity contribution >= 4 is 66.4 Å². The molecule has 3 aliphatic heterocycles. The van der Waals surface area contributed by atoms with Crippen LogP contribution in [-0.2, 0) is 29.8 Å². The molecule has 8 rings (SSSR count). The summed E-state index contributed by atoms with van der Waals surface area (Å²) in [4.78, 5) is 35.1. The average molecular weight is 991 g/mol. The van der Waals surface area contributed by atoms with Crippen molar-refractivity contribution in [2.45, 2.75) is 68.2 Å². The van der Waals surface area contributed by atoms with Gasteiger partial charge in [0.1, 0.15) is 34.2 Å². The molecule has 3 aliphatic rings. The Hall–Kier alpha value is -6.03. The van der Waals surface area contributed by atoms with Crippen LogP contribution in [0.25, 0.3) is 0 Å². The zero-order valence-electron chi connectivity index (χ0n) is 37.4. The summed E-state index contributed by atoms with van der Waals surface area (Å²) in [5, 5.41) is 27.8. The molecule has 1 saturated heterocycles. The van der Waals surface area contributed by atoms with Crippen molar-refractivity contribution in [1.82, 2.24) is 14.3 Å². The highest BCUT2D eigenvalue weighted by Gasteiger charge is 2.43. The van der Waals surface area contributed by atoms with Crippen molar-refractivity contribution in [2.75, 3.05) is 59.1 Å². The summed E-state index contributed by atoms with van der Waals surface area (Å²) >= 11 is 6.31. The van der Waals surface area contributed by atoms with Gasteiger partial charge in [0.2, 0.25) is 23.6 Å². The summed E-state index contributed by atoms with van der Waals surface area (Å²) in [6, 6.07) is 25.4. The smallest absolute Gasteiger partial charge is 0.304 e. The van der Waals surface area contributed by atoms with Gasteiger partial charge in [0.25, 0.3) is 10.0 Å². The summed E-state index contributed by atoms with van der Waals surface area (Å²) in [7, 11) is -7.51. The fourth-order valence-corrected chi connectivity index (χ4v) is 12.2. The number of hydrogen-bond acceptors (Lipinski definition) is 13. The summed E-state index contributed by atoms with van der Waals surface area (Å²) in [6.45, 7) is 2.51. The van der Waals surface area contributed by atoms with Gasteiger partial charge in [-0.25, -0.2) is 22.7 Å². The van der Waals surface area contributed by atoms with Crippen LogP contribution in [0.1, 0.15) is 56.1 Å². The summed E-state index contributed by atoms with van der Waals surface area (Å²) in [5.41, 5.74) is 2.08. The Bertz CT molecular complexity index is 2870. The molecule has 360 valence electrons. The van der Waals surface area contributed by atoms with E-state index in [0.29, 0.717) is 12.8 Å². The van der Waals surface area contributed by atoms with Gasteiger partial charge < -0.3 is 35.1 Å². The van der Waals surface area contributed by atoms with E-state index in [1.807, 2.05) is 60.7 Å². The number of hydrogen-bond donors (Lipinski definition) is 4. The zero-order chi connectivity index (χ0) is 48.3. The van der Waals surface area contributed by atoms with Crippen LogP contribution in [0, 0.1) is 5.92 Å². The van der Waals surface area contributed by atoms with Crippen LogP contribution in [0.2, 0.25) is 5.02 Å². The second-order valence-corrected chi connectivity index (χ2v) is 21.1. The zero-order valence-corrected chi connectivity index (χ0v) is 39.8. The Kier molecular flexibility index (Phi) is 14.4. The minimum atomic E-state index is -4.51. The molecule has 3 aromatic carbocycles. The van der Waals surface area contributed by atoms with Crippen LogP contribution >= 0.6 is 11.6 Å². The van der Waals surface area contributed by atoms with Gasteiger partial charge >= 0.3 is 10.2 Å². The molecule has 6 atom stereocenters. The van der Waals surface area contributed by atoms with E-state index >= 15 is 0 Å². The molecule has 2 aromatic heterocycles. The normalized spacial score (nSPS) is 19.8. The molecule has 5 aromatic rings. The van der Waals surface area contributed by atoms with E-state index in [0.717, 1.165) is 19.7 Å². The van der Waals surface area contributed by atoms with Gasteiger partial charge in [-0.3, -0.25) is 13.9 Å². The maximum absolute atomic E-state index is 14.7. The third-order valence-electron chi connectivity index (χ3n) is 12.4. The highest BCUT2D eigenvalue weighted by Crippen LogP contribution is 2.42. The lowest BCUT2D eigenvalue weighted by Gasteiger charge is -2.41. The first-order valence-electron chi connectivity index (χ1n) is 22.0. The van der Waals surface area contributed by atoms with Gasteiger partial charge in [0.05, 0.1) is 68.5 Å². The second kappa shape index (κ2) is 20.3. The number of halogens is 1. The van der Waals surface area contributed by atoms with Gasteiger partial charge in [-0.15, -0.1) is 0 Å². The number of benzene rings is 3. The lowest BCUT2D eigenvalue weighted by atomic mass is 9.91. The average Bonchev–Trinajstić information content (AvgIpc) is 3.35. The molecule has 0 bridgehead atoms. The fraction of sp³-hybridized carbons (Fsp3) is 0.362. The number of ether oxygens (including phenoxy) is 3. The Morgan fingerprint density at radius 2 is 1.38 bits per heavy atom. The van der Waals surface area contributed by atoms with E-state index in [1.54, 1.807) is 13.8 Å². The molecule has 1 fully saturated rings. The minimum absolute atomic E-state index is 0.00882. The van der Waals surface area contributed by atoms with Crippen LogP contribution in [0.5, 0.6) is 17.5 Å². The maximum Gasteiger partial charge on any atom is 0.304 e. The molecule has 0 radical (unpaired) electrons. The minimum Gasteiger partial charge on any atom is -0.495 e. The number of anilines is 4. The van der Waals surface area contributed by atoms with E-state index in [-0.39, 0.29) is 88.0 Å². The fourth-order valence-electron chi connectivity index (χ4n) is 8.54. The van der Waals surface area contributed by atoms with Crippen LogP contribution in [-0.4, -0.2) is 111 Å². The molecular weight excluding hydrogens is 938 g/mol. The highest BCUT2D eigenvalue weighted by molar-refractivity contribution is 7.93. The summed E-state index contributed by atoms with van der Waals surface area (Å²) in [6.07, 6.45) is 0.254. The predicted molar refractivity (Wildman–Crippen MR) is 255 cm³/mol. The van der Waals surface area contributed by atoms with Gasteiger partial charge in [-0.1, -0.05) is 72.3 Å².